The van der Waals surface area contributed by atoms with E-state index in [1.165, 1.54) is 24.4 Å². The van der Waals surface area contributed by atoms with Crippen molar-refractivity contribution >= 4 is 49.3 Å². The summed E-state index contributed by atoms with van der Waals surface area (Å²) >= 11 is 0. The summed E-state index contributed by atoms with van der Waals surface area (Å²) in [6.45, 7) is 3.84. The summed E-state index contributed by atoms with van der Waals surface area (Å²) in [6, 6.07) is 17.5. The van der Waals surface area contributed by atoms with Gasteiger partial charge in [0.05, 0.1) is 15.5 Å². The third kappa shape index (κ3) is 4.47. The van der Waals surface area contributed by atoms with Crippen molar-refractivity contribution in [1.82, 2.24) is 18.5 Å². The maximum atomic E-state index is 14.0. The number of hydrogen-bond acceptors (Lipinski definition) is 7. The molecule has 3 aromatic heterocycles. The van der Waals surface area contributed by atoms with Crippen LogP contribution < -0.4 is 5.32 Å². The Hall–Kier alpha value is -5.10. The Morgan fingerprint density at radius 1 is 0.927 bits per heavy atom. The fourth-order valence-corrected chi connectivity index (χ4v) is 6.12. The molecule has 0 unspecified atom stereocenters. The minimum absolute atomic E-state index is 0.0166. The minimum atomic E-state index is -4.04. The molecule has 10 nitrogen and oxygen atoms in total. The molecule has 0 saturated heterocycles. The van der Waals surface area contributed by atoms with E-state index in [1.54, 1.807) is 18.2 Å². The van der Waals surface area contributed by atoms with Crippen molar-refractivity contribution in [2.45, 2.75) is 18.7 Å². The number of anilines is 2. The lowest BCUT2D eigenvalue weighted by Gasteiger charge is -2.11. The maximum absolute atomic E-state index is 14.0. The predicted octanol–water partition coefficient (Wildman–Crippen LogP) is 6.23. The van der Waals surface area contributed by atoms with Gasteiger partial charge in [0, 0.05) is 53.0 Å². The standard InChI is InChI=1S/C29H23FN6O4S/c1-17-4-8-20(9-5-17)41(39,40)35-13-12-21-27(23-16-34(3)25-11-6-18(2)14-22(23)25)32-29(33-28(21)35)31-19-7-10-24(30)26(15-19)36(37)38/h4-16H,1-3H3,(H,31,32,33). The van der Waals surface area contributed by atoms with E-state index in [4.69, 9.17) is 4.98 Å². The summed E-state index contributed by atoms with van der Waals surface area (Å²) in [7, 11) is -2.13. The van der Waals surface area contributed by atoms with Crippen LogP contribution in [0.1, 0.15) is 11.1 Å². The number of benzene rings is 3. The first-order valence-electron chi connectivity index (χ1n) is 12.5. The molecule has 0 bridgehead atoms. The van der Waals surface area contributed by atoms with E-state index < -0.39 is 26.5 Å². The van der Waals surface area contributed by atoms with Gasteiger partial charge in [0.25, 0.3) is 10.0 Å². The normalized spacial score (nSPS) is 11.8. The molecule has 1 N–H and O–H groups in total. The molecule has 0 aliphatic rings. The van der Waals surface area contributed by atoms with Crippen molar-refractivity contribution < 1.29 is 17.7 Å². The molecular weight excluding hydrogens is 547 g/mol. The first kappa shape index (κ1) is 26.1. The summed E-state index contributed by atoms with van der Waals surface area (Å²) in [4.78, 5) is 19.8. The van der Waals surface area contributed by atoms with Gasteiger partial charge in [-0.15, -0.1) is 0 Å². The van der Waals surface area contributed by atoms with Crippen molar-refractivity contribution in [3.8, 4) is 11.3 Å². The minimum Gasteiger partial charge on any atom is -0.350 e. The topological polar surface area (TPSA) is 125 Å². The van der Waals surface area contributed by atoms with Crippen LogP contribution in [0.4, 0.5) is 21.7 Å². The molecule has 0 aliphatic heterocycles. The van der Waals surface area contributed by atoms with Crippen LogP contribution in [0.15, 0.2) is 84.0 Å². The summed E-state index contributed by atoms with van der Waals surface area (Å²) in [5.74, 6) is -1.00. The molecule has 0 amide bonds. The number of nitrogens with zero attached hydrogens (tertiary/aromatic N) is 5. The van der Waals surface area contributed by atoms with Gasteiger partial charge in [0.15, 0.2) is 5.65 Å². The number of hydrogen-bond donors (Lipinski definition) is 1. The van der Waals surface area contributed by atoms with Gasteiger partial charge in [-0.25, -0.2) is 17.4 Å². The number of nitro groups is 1. The Morgan fingerprint density at radius 2 is 1.66 bits per heavy atom. The third-order valence-electron chi connectivity index (χ3n) is 6.89. The molecule has 0 saturated carbocycles. The Bertz CT molecular complexity index is 2120. The zero-order valence-electron chi connectivity index (χ0n) is 22.2. The first-order chi connectivity index (χ1) is 19.5. The summed E-state index contributed by atoms with van der Waals surface area (Å²) in [5, 5.41) is 15.6. The van der Waals surface area contributed by atoms with Crippen LogP contribution in [0.3, 0.4) is 0 Å². The first-order valence-corrected chi connectivity index (χ1v) is 14.0. The molecule has 6 rings (SSSR count). The molecule has 0 radical (unpaired) electrons. The van der Waals surface area contributed by atoms with Gasteiger partial charge in [-0.2, -0.15) is 9.37 Å². The average Bonchev–Trinajstić information content (AvgIpc) is 3.51. The van der Waals surface area contributed by atoms with Crippen LogP contribution in [0.2, 0.25) is 0 Å². The zero-order chi connectivity index (χ0) is 29.1. The van der Waals surface area contributed by atoms with E-state index in [9.17, 15) is 22.9 Å². The highest BCUT2D eigenvalue weighted by Gasteiger charge is 2.24. The second kappa shape index (κ2) is 9.52. The second-order valence-corrected chi connectivity index (χ2v) is 11.6. The van der Waals surface area contributed by atoms with Gasteiger partial charge in [-0.3, -0.25) is 10.1 Å². The highest BCUT2D eigenvalue weighted by molar-refractivity contribution is 7.90. The lowest BCUT2D eigenvalue weighted by Crippen LogP contribution is -2.13. The van der Waals surface area contributed by atoms with E-state index in [0.717, 1.165) is 43.7 Å². The number of aromatic nitrogens is 4. The molecule has 3 aromatic carbocycles. The van der Waals surface area contributed by atoms with E-state index in [-0.39, 0.29) is 22.2 Å². The lowest BCUT2D eigenvalue weighted by atomic mass is 10.1. The van der Waals surface area contributed by atoms with Crippen LogP contribution in [0.25, 0.3) is 33.2 Å². The molecule has 0 fully saturated rings. The van der Waals surface area contributed by atoms with Crippen molar-refractivity contribution in [2.75, 3.05) is 5.32 Å². The van der Waals surface area contributed by atoms with Crippen LogP contribution in [0, 0.1) is 29.8 Å². The van der Waals surface area contributed by atoms with Gasteiger partial charge in [-0.05, 0) is 56.3 Å². The molecule has 3 heterocycles. The molecule has 12 heteroatoms. The quantitative estimate of drug-likeness (QED) is 0.186. The summed E-state index contributed by atoms with van der Waals surface area (Å²) < 4.78 is 44.5. The molecular formula is C29H23FN6O4S. The van der Waals surface area contributed by atoms with Gasteiger partial charge in [0.2, 0.25) is 11.8 Å². The molecule has 0 spiro atoms. The fourth-order valence-electron chi connectivity index (χ4n) is 4.82. The molecule has 0 aliphatic carbocycles. The van der Waals surface area contributed by atoms with Crippen LogP contribution in [0.5, 0.6) is 0 Å². The van der Waals surface area contributed by atoms with E-state index in [1.807, 2.05) is 49.9 Å². The lowest BCUT2D eigenvalue weighted by molar-refractivity contribution is -0.387. The zero-order valence-corrected chi connectivity index (χ0v) is 23.0. The number of halogens is 1. The number of nitro benzene ring substituents is 1. The summed E-state index contributed by atoms with van der Waals surface area (Å²) in [5.41, 5.74) is 3.67. The molecule has 41 heavy (non-hydrogen) atoms. The third-order valence-corrected chi connectivity index (χ3v) is 8.57. The fraction of sp³-hybridized carbons (Fsp3) is 0.103. The number of rotatable bonds is 6. The highest BCUT2D eigenvalue weighted by Crippen LogP contribution is 2.36. The molecule has 0 atom stereocenters. The van der Waals surface area contributed by atoms with E-state index >= 15 is 0 Å². The summed E-state index contributed by atoms with van der Waals surface area (Å²) in [6.07, 6.45) is 3.34. The van der Waals surface area contributed by atoms with Gasteiger partial charge in [0.1, 0.15) is 0 Å². The average molecular weight is 571 g/mol. The predicted molar refractivity (Wildman–Crippen MR) is 154 cm³/mol. The Balaban J connectivity index is 1.60. The SMILES string of the molecule is Cc1ccc(S(=O)(=O)n2ccc3c(-c4cn(C)c5ccc(C)cc45)nc(Nc4ccc(F)c([N+](=O)[O-])c4)nc32)cc1. The monoisotopic (exact) mass is 570 g/mol. The number of fused-ring (bicyclic) bond motifs is 2. The number of nitrogens with one attached hydrogen (secondary N) is 1. The second-order valence-electron chi connectivity index (χ2n) is 9.79. The molecule has 206 valence electrons. The number of aryl methyl sites for hydroxylation is 3. The van der Waals surface area contributed by atoms with E-state index in [0.29, 0.717) is 11.1 Å². The van der Waals surface area contributed by atoms with Gasteiger partial charge >= 0.3 is 5.69 Å². The Kier molecular flexibility index (Phi) is 6.07. The van der Waals surface area contributed by atoms with Crippen LogP contribution in [-0.2, 0) is 17.1 Å². The largest absolute Gasteiger partial charge is 0.350 e. The Labute approximate surface area is 233 Å². The van der Waals surface area contributed by atoms with Crippen molar-refractivity contribution in [2.24, 2.45) is 7.05 Å². The van der Waals surface area contributed by atoms with Crippen LogP contribution in [-0.4, -0.2) is 31.8 Å². The van der Waals surface area contributed by atoms with E-state index in [2.05, 4.69) is 10.3 Å². The van der Waals surface area contributed by atoms with Crippen molar-refractivity contribution in [3.63, 3.8) is 0 Å². The molecule has 6 aromatic rings. The van der Waals surface area contributed by atoms with Crippen molar-refractivity contribution in [1.29, 1.82) is 0 Å². The van der Waals surface area contributed by atoms with Crippen molar-refractivity contribution in [3.05, 3.63) is 106 Å². The van der Waals surface area contributed by atoms with Crippen LogP contribution >= 0.6 is 0 Å². The Morgan fingerprint density at radius 3 is 2.39 bits per heavy atom. The maximum Gasteiger partial charge on any atom is 0.306 e. The van der Waals surface area contributed by atoms with Gasteiger partial charge < -0.3 is 9.88 Å². The highest BCUT2D eigenvalue weighted by atomic mass is 32.2. The smallest absolute Gasteiger partial charge is 0.306 e. The van der Waals surface area contributed by atoms with Gasteiger partial charge in [-0.1, -0.05) is 29.3 Å².